The van der Waals surface area contributed by atoms with Gasteiger partial charge >= 0.3 is 0 Å². The fourth-order valence-corrected chi connectivity index (χ4v) is 3.41. The molecular formula is C16H13BrN4O3. The molecule has 1 aromatic heterocycles. The number of nitrogens with zero attached hydrogens (tertiary/aromatic N) is 4. The summed E-state index contributed by atoms with van der Waals surface area (Å²) in [6.07, 6.45) is 0.727. The zero-order chi connectivity index (χ0) is 17.0. The summed E-state index contributed by atoms with van der Waals surface area (Å²) < 4.78 is 2.48. The lowest BCUT2D eigenvalue weighted by Crippen LogP contribution is -2.33. The molecule has 0 bridgehead atoms. The minimum Gasteiger partial charge on any atom is -0.381 e. The average molecular weight is 389 g/mol. The van der Waals surface area contributed by atoms with Gasteiger partial charge in [-0.3, -0.25) is 14.3 Å². The fourth-order valence-electron chi connectivity index (χ4n) is 3.02. The van der Waals surface area contributed by atoms with Crippen molar-refractivity contribution in [1.29, 1.82) is 0 Å². The van der Waals surface area contributed by atoms with E-state index in [-0.39, 0.29) is 5.91 Å². The van der Waals surface area contributed by atoms with Crippen LogP contribution in [0.4, 0.5) is 5.69 Å². The van der Waals surface area contributed by atoms with Crippen LogP contribution in [0.5, 0.6) is 0 Å². The first-order chi connectivity index (χ1) is 11.5. The minimum atomic E-state index is -0.911. The maximum atomic E-state index is 12.9. The van der Waals surface area contributed by atoms with Crippen LogP contribution in [-0.4, -0.2) is 33.4 Å². The standard InChI is InChI=1S/C16H13BrN4O3/c1-8-11(7-18-20(8)2)13-12-14(24-19-13)16(23)21(15(12)22)10-5-3-4-9(17)6-10/h3-7,12,14H,1-2H3. The van der Waals surface area contributed by atoms with Gasteiger partial charge in [-0.1, -0.05) is 27.2 Å². The molecule has 3 heterocycles. The van der Waals surface area contributed by atoms with Crippen LogP contribution >= 0.6 is 15.9 Å². The third-order valence-electron chi connectivity index (χ3n) is 4.39. The Morgan fingerprint density at radius 2 is 2.04 bits per heavy atom. The predicted octanol–water partition coefficient (Wildman–Crippen LogP) is 1.78. The number of carbonyl (C=O) groups excluding carboxylic acids is 2. The molecule has 2 aliphatic rings. The predicted molar refractivity (Wildman–Crippen MR) is 89.5 cm³/mol. The Kier molecular flexibility index (Phi) is 3.31. The van der Waals surface area contributed by atoms with Crippen LogP contribution in [0.1, 0.15) is 11.3 Å². The first-order valence-corrected chi connectivity index (χ1v) is 8.14. The summed E-state index contributed by atoms with van der Waals surface area (Å²) in [7, 11) is 1.81. The van der Waals surface area contributed by atoms with E-state index in [4.69, 9.17) is 4.84 Å². The second-order valence-corrected chi connectivity index (χ2v) is 6.65. The quantitative estimate of drug-likeness (QED) is 0.734. The van der Waals surface area contributed by atoms with Crippen LogP contribution in [0.25, 0.3) is 0 Å². The van der Waals surface area contributed by atoms with Crippen LogP contribution in [0, 0.1) is 12.8 Å². The van der Waals surface area contributed by atoms with Crippen molar-refractivity contribution in [3.05, 3.63) is 46.2 Å². The molecule has 0 saturated carbocycles. The van der Waals surface area contributed by atoms with E-state index in [0.29, 0.717) is 11.4 Å². The Balaban J connectivity index is 1.74. The molecule has 2 amide bonds. The number of hydrogen-bond donors (Lipinski definition) is 0. The summed E-state index contributed by atoms with van der Waals surface area (Å²) in [5, 5.41) is 8.17. The topological polar surface area (TPSA) is 76.8 Å². The van der Waals surface area contributed by atoms with Crippen molar-refractivity contribution in [2.24, 2.45) is 18.1 Å². The molecule has 1 fully saturated rings. The summed E-state index contributed by atoms with van der Waals surface area (Å²) in [5.41, 5.74) is 2.56. The molecule has 122 valence electrons. The van der Waals surface area contributed by atoms with E-state index in [9.17, 15) is 9.59 Å². The highest BCUT2D eigenvalue weighted by atomic mass is 79.9. The fraction of sp³-hybridized carbons (Fsp3) is 0.250. The monoisotopic (exact) mass is 388 g/mol. The normalized spacial score (nSPS) is 22.6. The van der Waals surface area contributed by atoms with Gasteiger partial charge in [-0.2, -0.15) is 5.10 Å². The third kappa shape index (κ3) is 2.02. The largest absolute Gasteiger partial charge is 0.381 e. The van der Waals surface area contributed by atoms with Crippen molar-refractivity contribution in [3.63, 3.8) is 0 Å². The maximum absolute atomic E-state index is 12.9. The number of oxime groups is 1. The highest BCUT2D eigenvalue weighted by Crippen LogP contribution is 2.36. The second-order valence-electron chi connectivity index (χ2n) is 5.74. The number of amides is 2. The number of fused-ring (bicyclic) bond motifs is 1. The molecule has 1 aromatic carbocycles. The summed E-state index contributed by atoms with van der Waals surface area (Å²) in [6.45, 7) is 1.88. The Morgan fingerprint density at radius 3 is 2.71 bits per heavy atom. The molecule has 2 aromatic rings. The molecule has 7 nitrogen and oxygen atoms in total. The SMILES string of the molecule is Cc1c(C2=NOC3C(=O)N(c4cccc(Br)c4)C(=O)C23)cnn1C. The molecular weight excluding hydrogens is 376 g/mol. The van der Waals surface area contributed by atoms with E-state index < -0.39 is 17.9 Å². The third-order valence-corrected chi connectivity index (χ3v) is 4.88. The number of anilines is 1. The highest BCUT2D eigenvalue weighted by Gasteiger charge is 2.56. The van der Waals surface area contributed by atoms with Crippen molar-refractivity contribution < 1.29 is 14.4 Å². The number of halogens is 1. The minimum absolute atomic E-state index is 0.331. The lowest BCUT2D eigenvalue weighted by Gasteiger charge is -2.15. The van der Waals surface area contributed by atoms with Crippen LogP contribution in [-0.2, 0) is 21.5 Å². The number of aryl methyl sites for hydroxylation is 1. The lowest BCUT2D eigenvalue weighted by molar-refractivity contribution is -0.126. The van der Waals surface area contributed by atoms with Gasteiger partial charge in [-0.05, 0) is 25.1 Å². The first-order valence-electron chi connectivity index (χ1n) is 7.35. The van der Waals surface area contributed by atoms with Gasteiger partial charge in [0.15, 0.2) is 0 Å². The molecule has 24 heavy (non-hydrogen) atoms. The number of aromatic nitrogens is 2. The van der Waals surface area contributed by atoms with Crippen molar-refractivity contribution in [2.75, 3.05) is 4.90 Å². The van der Waals surface area contributed by atoms with Crippen LogP contribution in [0.2, 0.25) is 0 Å². The second kappa shape index (κ2) is 5.27. The molecule has 0 spiro atoms. The van der Waals surface area contributed by atoms with Gasteiger partial charge in [0, 0.05) is 22.8 Å². The molecule has 0 radical (unpaired) electrons. The average Bonchev–Trinajstić information content (AvgIpc) is 3.18. The van der Waals surface area contributed by atoms with Crippen LogP contribution < -0.4 is 4.90 Å². The molecule has 2 aliphatic heterocycles. The van der Waals surface area contributed by atoms with E-state index in [1.807, 2.05) is 20.0 Å². The maximum Gasteiger partial charge on any atom is 0.278 e. The van der Waals surface area contributed by atoms with E-state index in [1.54, 1.807) is 29.1 Å². The van der Waals surface area contributed by atoms with Gasteiger partial charge < -0.3 is 4.84 Å². The van der Waals surface area contributed by atoms with Gasteiger partial charge in [0.05, 0.1) is 11.9 Å². The summed E-state index contributed by atoms with van der Waals surface area (Å²) in [6, 6.07) is 7.05. The Morgan fingerprint density at radius 1 is 1.25 bits per heavy atom. The zero-order valence-electron chi connectivity index (χ0n) is 12.9. The van der Waals surface area contributed by atoms with Gasteiger partial charge in [0.25, 0.3) is 5.91 Å². The van der Waals surface area contributed by atoms with Gasteiger partial charge in [-0.15, -0.1) is 0 Å². The number of carbonyl (C=O) groups is 2. The van der Waals surface area contributed by atoms with Crippen LogP contribution in [0.15, 0.2) is 40.1 Å². The van der Waals surface area contributed by atoms with Crippen molar-refractivity contribution in [2.45, 2.75) is 13.0 Å². The number of imide groups is 1. The van der Waals surface area contributed by atoms with Crippen molar-refractivity contribution >= 4 is 39.1 Å². The molecule has 2 atom stereocenters. The zero-order valence-corrected chi connectivity index (χ0v) is 14.5. The molecule has 2 unspecified atom stereocenters. The Labute approximate surface area is 146 Å². The van der Waals surface area contributed by atoms with E-state index in [2.05, 4.69) is 26.2 Å². The summed E-state index contributed by atoms with van der Waals surface area (Å²) in [5.74, 6) is -1.47. The van der Waals surface area contributed by atoms with Gasteiger partial charge in [-0.25, -0.2) is 4.90 Å². The Hall–Kier alpha value is -2.48. The number of benzene rings is 1. The first kappa shape index (κ1) is 15.1. The Bertz CT molecular complexity index is 904. The number of hydrogen-bond acceptors (Lipinski definition) is 5. The van der Waals surface area contributed by atoms with Gasteiger partial charge in [0.2, 0.25) is 12.0 Å². The van der Waals surface area contributed by atoms with Gasteiger partial charge in [0.1, 0.15) is 11.6 Å². The van der Waals surface area contributed by atoms with E-state index >= 15 is 0 Å². The smallest absolute Gasteiger partial charge is 0.278 e. The highest BCUT2D eigenvalue weighted by molar-refractivity contribution is 9.10. The van der Waals surface area contributed by atoms with E-state index in [1.165, 1.54) is 4.90 Å². The van der Waals surface area contributed by atoms with Crippen molar-refractivity contribution in [3.8, 4) is 0 Å². The molecule has 1 saturated heterocycles. The molecule has 0 aliphatic carbocycles. The van der Waals surface area contributed by atoms with E-state index in [0.717, 1.165) is 15.7 Å². The number of rotatable bonds is 2. The lowest BCUT2D eigenvalue weighted by atomic mass is 9.94. The van der Waals surface area contributed by atoms with Crippen LogP contribution in [0.3, 0.4) is 0 Å². The summed E-state index contributed by atoms with van der Waals surface area (Å²) in [4.78, 5) is 32.0. The molecule has 8 heteroatoms. The van der Waals surface area contributed by atoms with Crippen molar-refractivity contribution in [1.82, 2.24) is 9.78 Å². The molecule has 4 rings (SSSR count). The molecule has 0 N–H and O–H groups in total. The summed E-state index contributed by atoms with van der Waals surface area (Å²) >= 11 is 3.36.